The molecular formula is C15H22BrN3S. The van der Waals surface area contributed by atoms with Crippen molar-refractivity contribution in [3.8, 4) is 0 Å². The van der Waals surface area contributed by atoms with E-state index in [0.717, 1.165) is 11.0 Å². The molecule has 1 aliphatic rings. The van der Waals surface area contributed by atoms with Crippen LogP contribution in [-0.2, 0) is 0 Å². The van der Waals surface area contributed by atoms with E-state index in [2.05, 4.69) is 63.9 Å². The van der Waals surface area contributed by atoms with Crippen molar-refractivity contribution >= 4 is 33.7 Å². The van der Waals surface area contributed by atoms with E-state index in [-0.39, 0.29) is 4.75 Å². The number of guanidine groups is 1. The molecule has 0 spiro atoms. The Hall–Kier alpha value is -0.680. The minimum atomic E-state index is 0.0306. The lowest BCUT2D eigenvalue weighted by molar-refractivity contribution is 0.486. The molecule has 0 aromatic heterocycles. The van der Waals surface area contributed by atoms with E-state index in [1.807, 2.05) is 18.8 Å². The monoisotopic (exact) mass is 355 g/mol. The van der Waals surface area contributed by atoms with Crippen molar-refractivity contribution < 1.29 is 0 Å². The summed E-state index contributed by atoms with van der Waals surface area (Å²) in [6.07, 6.45) is 2.48. The van der Waals surface area contributed by atoms with Crippen molar-refractivity contribution in [3.63, 3.8) is 0 Å². The molecule has 5 heteroatoms. The highest BCUT2D eigenvalue weighted by Crippen LogP contribution is 2.33. The van der Waals surface area contributed by atoms with Gasteiger partial charge in [0.2, 0.25) is 0 Å². The van der Waals surface area contributed by atoms with Crippen LogP contribution in [0.25, 0.3) is 0 Å². The van der Waals surface area contributed by atoms with E-state index in [4.69, 9.17) is 5.73 Å². The Morgan fingerprint density at radius 2 is 2.00 bits per heavy atom. The first-order valence-corrected chi connectivity index (χ1v) is 8.46. The minimum Gasteiger partial charge on any atom is -0.370 e. The van der Waals surface area contributed by atoms with Crippen LogP contribution in [0.2, 0.25) is 0 Å². The number of nitrogens with zero attached hydrogens (tertiary/aromatic N) is 2. The lowest BCUT2D eigenvalue weighted by Gasteiger charge is -2.24. The molecule has 20 heavy (non-hydrogen) atoms. The van der Waals surface area contributed by atoms with Crippen LogP contribution in [0.15, 0.2) is 38.6 Å². The van der Waals surface area contributed by atoms with Gasteiger partial charge in [-0.3, -0.25) is 4.99 Å². The third-order valence-corrected chi connectivity index (χ3v) is 5.00. The molecule has 3 nitrogen and oxygen atoms in total. The van der Waals surface area contributed by atoms with Gasteiger partial charge in [0.1, 0.15) is 0 Å². The standard InChI is InChI=1S/C15H22BrN3S/c1-15(2,20-13-8-4-11(16)5-9-13)10-18-14(17)19(3)12-6-7-12/h4-5,8-9,12H,6-7,10H2,1-3H3,(H2,17,18). The Morgan fingerprint density at radius 1 is 1.40 bits per heavy atom. The fourth-order valence-electron chi connectivity index (χ4n) is 1.89. The van der Waals surface area contributed by atoms with Crippen LogP contribution in [0, 0.1) is 0 Å². The lowest BCUT2D eigenvalue weighted by atomic mass is 10.2. The number of hydrogen-bond acceptors (Lipinski definition) is 2. The minimum absolute atomic E-state index is 0.0306. The van der Waals surface area contributed by atoms with Gasteiger partial charge in [-0.1, -0.05) is 15.9 Å². The Labute approximate surface area is 134 Å². The normalized spacial score (nSPS) is 16.3. The summed E-state index contributed by atoms with van der Waals surface area (Å²) in [4.78, 5) is 7.91. The summed E-state index contributed by atoms with van der Waals surface area (Å²) < 4.78 is 1.14. The molecule has 0 heterocycles. The summed E-state index contributed by atoms with van der Waals surface area (Å²) in [7, 11) is 2.03. The fraction of sp³-hybridized carbons (Fsp3) is 0.533. The zero-order chi connectivity index (χ0) is 14.8. The smallest absolute Gasteiger partial charge is 0.191 e. The van der Waals surface area contributed by atoms with E-state index < -0.39 is 0 Å². The third-order valence-electron chi connectivity index (χ3n) is 3.29. The first kappa shape index (κ1) is 15.7. The maximum Gasteiger partial charge on any atom is 0.191 e. The highest BCUT2D eigenvalue weighted by atomic mass is 79.9. The number of nitrogens with two attached hydrogens (primary N) is 1. The molecule has 0 bridgehead atoms. The van der Waals surface area contributed by atoms with Gasteiger partial charge in [-0.2, -0.15) is 0 Å². The maximum atomic E-state index is 6.04. The van der Waals surface area contributed by atoms with Gasteiger partial charge in [0.25, 0.3) is 0 Å². The Morgan fingerprint density at radius 3 is 2.55 bits per heavy atom. The third kappa shape index (κ3) is 4.70. The van der Waals surface area contributed by atoms with Crippen molar-refractivity contribution in [2.45, 2.75) is 42.4 Å². The van der Waals surface area contributed by atoms with E-state index in [0.29, 0.717) is 12.0 Å². The molecule has 0 saturated heterocycles. The highest BCUT2D eigenvalue weighted by molar-refractivity contribution is 9.10. The quantitative estimate of drug-likeness (QED) is 0.497. The summed E-state index contributed by atoms with van der Waals surface area (Å²) >= 11 is 5.29. The molecule has 0 aliphatic heterocycles. The predicted molar refractivity (Wildman–Crippen MR) is 91.4 cm³/mol. The maximum absolute atomic E-state index is 6.04. The summed E-state index contributed by atoms with van der Waals surface area (Å²) in [5.41, 5.74) is 6.04. The van der Waals surface area contributed by atoms with Gasteiger partial charge in [0, 0.05) is 27.2 Å². The van der Waals surface area contributed by atoms with Crippen molar-refractivity contribution in [2.24, 2.45) is 10.7 Å². The van der Waals surface area contributed by atoms with Crippen LogP contribution in [0.4, 0.5) is 0 Å². The molecule has 0 radical (unpaired) electrons. The van der Waals surface area contributed by atoms with Gasteiger partial charge >= 0.3 is 0 Å². The number of benzene rings is 1. The second-order valence-electron chi connectivity index (χ2n) is 5.83. The van der Waals surface area contributed by atoms with Gasteiger partial charge in [-0.05, 0) is 51.0 Å². The number of hydrogen-bond donors (Lipinski definition) is 1. The second kappa shape index (κ2) is 6.39. The van der Waals surface area contributed by atoms with E-state index in [9.17, 15) is 0 Å². The molecule has 0 unspecified atom stereocenters. The average molecular weight is 356 g/mol. The molecule has 0 amide bonds. The zero-order valence-corrected chi connectivity index (χ0v) is 14.7. The molecule has 1 aromatic rings. The first-order chi connectivity index (χ1) is 9.37. The second-order valence-corrected chi connectivity index (χ2v) is 8.53. The van der Waals surface area contributed by atoms with Crippen LogP contribution in [0.5, 0.6) is 0 Å². The van der Waals surface area contributed by atoms with Crippen LogP contribution >= 0.6 is 27.7 Å². The molecule has 1 saturated carbocycles. The summed E-state index contributed by atoms with van der Waals surface area (Å²) in [6.45, 7) is 5.12. The first-order valence-electron chi connectivity index (χ1n) is 6.85. The number of halogens is 1. The molecule has 2 rings (SSSR count). The van der Waals surface area contributed by atoms with Crippen molar-refractivity contribution in [1.29, 1.82) is 0 Å². The van der Waals surface area contributed by atoms with Gasteiger partial charge in [-0.15, -0.1) is 11.8 Å². The van der Waals surface area contributed by atoms with Crippen LogP contribution in [-0.4, -0.2) is 35.2 Å². The predicted octanol–water partition coefficient (Wildman–Crippen LogP) is 3.73. The van der Waals surface area contributed by atoms with Crippen LogP contribution < -0.4 is 5.73 Å². The summed E-state index contributed by atoms with van der Waals surface area (Å²) in [6, 6.07) is 8.99. The van der Waals surface area contributed by atoms with E-state index >= 15 is 0 Å². The van der Waals surface area contributed by atoms with Crippen molar-refractivity contribution in [1.82, 2.24) is 4.90 Å². The topological polar surface area (TPSA) is 41.6 Å². The Balaban J connectivity index is 1.92. The molecular weight excluding hydrogens is 334 g/mol. The van der Waals surface area contributed by atoms with Gasteiger partial charge in [0.05, 0.1) is 6.54 Å². The largest absolute Gasteiger partial charge is 0.370 e. The SMILES string of the molecule is CN(C(N)=NCC(C)(C)Sc1ccc(Br)cc1)C1CC1. The van der Waals surface area contributed by atoms with Gasteiger partial charge < -0.3 is 10.6 Å². The Kier molecular flexibility index (Phi) is 5.02. The van der Waals surface area contributed by atoms with E-state index in [1.54, 1.807) is 0 Å². The number of thioether (sulfide) groups is 1. The lowest BCUT2D eigenvalue weighted by Crippen LogP contribution is -2.37. The average Bonchev–Trinajstić information content (AvgIpc) is 3.22. The molecule has 1 fully saturated rings. The van der Waals surface area contributed by atoms with E-state index in [1.165, 1.54) is 17.7 Å². The van der Waals surface area contributed by atoms with Gasteiger partial charge in [-0.25, -0.2) is 0 Å². The summed E-state index contributed by atoms with van der Waals surface area (Å²) in [5, 5.41) is 0. The number of aliphatic imine (C=N–C) groups is 1. The van der Waals surface area contributed by atoms with Crippen molar-refractivity contribution in [2.75, 3.05) is 13.6 Å². The summed E-state index contributed by atoms with van der Waals surface area (Å²) in [5.74, 6) is 0.664. The molecule has 110 valence electrons. The van der Waals surface area contributed by atoms with Crippen LogP contribution in [0.1, 0.15) is 26.7 Å². The van der Waals surface area contributed by atoms with Crippen LogP contribution in [0.3, 0.4) is 0 Å². The number of rotatable bonds is 5. The molecule has 2 N–H and O–H groups in total. The van der Waals surface area contributed by atoms with Crippen molar-refractivity contribution in [3.05, 3.63) is 28.7 Å². The molecule has 1 aromatic carbocycles. The zero-order valence-electron chi connectivity index (χ0n) is 12.3. The molecule has 1 aliphatic carbocycles. The van der Waals surface area contributed by atoms with Gasteiger partial charge in [0.15, 0.2) is 5.96 Å². The Bertz CT molecular complexity index is 480. The molecule has 0 atom stereocenters. The highest BCUT2D eigenvalue weighted by Gasteiger charge is 2.28. The fourth-order valence-corrected chi connectivity index (χ4v) is 3.19.